The van der Waals surface area contributed by atoms with Crippen molar-refractivity contribution >= 4 is 28.3 Å². The molecule has 4 aromatic rings. The Balaban J connectivity index is 1.49. The molecular formula is C32H28N2O4. The number of allylic oxidation sites excluding steroid dienone is 2. The van der Waals surface area contributed by atoms with Crippen LogP contribution in [-0.4, -0.2) is 23.8 Å². The number of aromatic nitrogens is 1. The summed E-state index contributed by atoms with van der Waals surface area (Å²) in [5.41, 5.74) is 5.81. The maximum Gasteiger partial charge on any atom is 0.343 e. The smallest absolute Gasteiger partial charge is 0.343 e. The van der Waals surface area contributed by atoms with Gasteiger partial charge in [-0.2, -0.15) is 0 Å². The number of pyridine rings is 1. The fourth-order valence-corrected chi connectivity index (χ4v) is 5.70. The Morgan fingerprint density at radius 2 is 1.79 bits per heavy atom. The Labute approximate surface area is 221 Å². The van der Waals surface area contributed by atoms with E-state index in [-0.39, 0.29) is 17.1 Å². The maximum absolute atomic E-state index is 13.7. The van der Waals surface area contributed by atoms with Gasteiger partial charge in [0.15, 0.2) is 17.3 Å². The lowest BCUT2D eigenvalue weighted by Crippen LogP contribution is -2.34. The first-order valence-corrected chi connectivity index (χ1v) is 12.7. The SMILES string of the molecule is COc1cc(C2C3=C(CC(C)(C)CC3=O)Nc3ccc4ncccc4c32)ccc1OC(=O)c1ccccc1. The van der Waals surface area contributed by atoms with E-state index in [0.29, 0.717) is 23.5 Å². The van der Waals surface area contributed by atoms with E-state index >= 15 is 0 Å². The van der Waals surface area contributed by atoms with Crippen LogP contribution in [0.5, 0.6) is 11.5 Å². The van der Waals surface area contributed by atoms with E-state index in [0.717, 1.165) is 45.4 Å². The molecule has 0 fully saturated rings. The summed E-state index contributed by atoms with van der Waals surface area (Å²) in [6, 6.07) is 22.4. The van der Waals surface area contributed by atoms with Crippen LogP contribution in [0.1, 0.15) is 54.1 Å². The van der Waals surface area contributed by atoms with Gasteiger partial charge in [0.1, 0.15) is 0 Å². The number of nitrogens with zero attached hydrogens (tertiary/aromatic N) is 1. The highest BCUT2D eigenvalue weighted by molar-refractivity contribution is 6.04. The standard InChI is InChI=1S/C32H28N2O4/c1-32(2)17-24-30(25(35)18-32)28(29-21-10-7-15-33-22(21)12-13-23(29)34-24)20-11-14-26(27(16-20)37-3)38-31(36)19-8-5-4-6-9-19/h4-16,28,34H,17-18H2,1-3H3. The van der Waals surface area contributed by atoms with Crippen LogP contribution in [0.15, 0.2) is 90.3 Å². The molecule has 38 heavy (non-hydrogen) atoms. The first-order chi connectivity index (χ1) is 18.3. The predicted molar refractivity (Wildman–Crippen MR) is 147 cm³/mol. The van der Waals surface area contributed by atoms with E-state index in [9.17, 15) is 9.59 Å². The van der Waals surface area contributed by atoms with Crippen molar-refractivity contribution in [2.75, 3.05) is 12.4 Å². The number of carbonyl (C=O) groups excluding carboxylic acids is 2. The molecule has 190 valence electrons. The fourth-order valence-electron chi connectivity index (χ4n) is 5.70. The molecule has 0 amide bonds. The molecule has 0 spiro atoms. The average molecular weight is 505 g/mol. The lowest BCUT2D eigenvalue weighted by molar-refractivity contribution is -0.118. The van der Waals surface area contributed by atoms with Crippen LogP contribution in [0.25, 0.3) is 10.9 Å². The minimum absolute atomic E-state index is 0.128. The van der Waals surface area contributed by atoms with Crippen LogP contribution in [0.2, 0.25) is 0 Å². The third-order valence-electron chi connectivity index (χ3n) is 7.34. The highest BCUT2D eigenvalue weighted by atomic mass is 16.6. The molecule has 0 bridgehead atoms. The highest BCUT2D eigenvalue weighted by Crippen LogP contribution is 2.51. The van der Waals surface area contributed by atoms with E-state index in [1.165, 1.54) is 0 Å². The zero-order valence-electron chi connectivity index (χ0n) is 21.6. The molecule has 0 saturated heterocycles. The summed E-state index contributed by atoms with van der Waals surface area (Å²) in [5.74, 6) is 0.111. The molecule has 6 heteroatoms. The normalized spacial score (nSPS) is 17.9. The van der Waals surface area contributed by atoms with Crippen LogP contribution >= 0.6 is 0 Å². The molecule has 2 heterocycles. The molecule has 1 unspecified atom stereocenters. The van der Waals surface area contributed by atoms with Gasteiger partial charge in [-0.05, 0) is 65.4 Å². The molecular weight excluding hydrogens is 476 g/mol. The summed E-state index contributed by atoms with van der Waals surface area (Å²) >= 11 is 0. The molecule has 1 N–H and O–H groups in total. The summed E-state index contributed by atoms with van der Waals surface area (Å²) in [7, 11) is 1.55. The third-order valence-corrected chi connectivity index (χ3v) is 7.34. The number of fused-ring (bicyclic) bond motifs is 3. The first-order valence-electron chi connectivity index (χ1n) is 12.7. The molecule has 1 atom stereocenters. The number of carbonyl (C=O) groups is 2. The monoisotopic (exact) mass is 504 g/mol. The molecule has 1 aromatic heterocycles. The quantitative estimate of drug-likeness (QED) is 0.247. The van der Waals surface area contributed by atoms with Crippen molar-refractivity contribution in [1.82, 2.24) is 4.98 Å². The molecule has 6 rings (SSSR count). The van der Waals surface area contributed by atoms with Crippen molar-refractivity contribution < 1.29 is 19.1 Å². The van der Waals surface area contributed by atoms with Crippen molar-refractivity contribution in [3.63, 3.8) is 0 Å². The van der Waals surface area contributed by atoms with Gasteiger partial charge in [-0.1, -0.05) is 44.2 Å². The second-order valence-electron chi connectivity index (χ2n) is 10.7. The van der Waals surface area contributed by atoms with Crippen molar-refractivity contribution in [1.29, 1.82) is 0 Å². The molecule has 1 aliphatic heterocycles. The van der Waals surface area contributed by atoms with E-state index in [1.54, 1.807) is 43.6 Å². The van der Waals surface area contributed by atoms with Gasteiger partial charge in [0, 0.05) is 40.9 Å². The fraction of sp³-hybridized carbons (Fsp3) is 0.219. The van der Waals surface area contributed by atoms with Crippen LogP contribution < -0.4 is 14.8 Å². The molecule has 1 aliphatic carbocycles. The molecule has 0 saturated carbocycles. The summed E-state index contributed by atoms with van der Waals surface area (Å²) in [6.45, 7) is 4.26. The largest absolute Gasteiger partial charge is 0.493 e. The topological polar surface area (TPSA) is 77.5 Å². The molecule has 2 aliphatic rings. The first kappa shape index (κ1) is 23.9. The zero-order valence-corrected chi connectivity index (χ0v) is 21.6. The minimum atomic E-state index is -0.462. The van der Waals surface area contributed by atoms with Gasteiger partial charge in [0.25, 0.3) is 0 Å². The number of anilines is 1. The van der Waals surface area contributed by atoms with Crippen LogP contribution in [-0.2, 0) is 4.79 Å². The van der Waals surface area contributed by atoms with E-state index < -0.39 is 5.97 Å². The van der Waals surface area contributed by atoms with Gasteiger partial charge < -0.3 is 14.8 Å². The Hall–Kier alpha value is -4.45. The molecule has 0 radical (unpaired) electrons. The lowest BCUT2D eigenvalue weighted by Gasteiger charge is -2.40. The van der Waals surface area contributed by atoms with Crippen LogP contribution in [0.3, 0.4) is 0 Å². The molecule has 6 nitrogen and oxygen atoms in total. The summed E-state index contributed by atoms with van der Waals surface area (Å²) in [4.78, 5) is 31.0. The zero-order chi connectivity index (χ0) is 26.4. The van der Waals surface area contributed by atoms with Crippen LogP contribution in [0, 0.1) is 5.41 Å². The van der Waals surface area contributed by atoms with E-state index in [1.807, 2.05) is 42.5 Å². The third kappa shape index (κ3) is 4.12. The average Bonchev–Trinajstić information content (AvgIpc) is 2.91. The number of rotatable bonds is 4. The number of ketones is 1. The molecule has 3 aromatic carbocycles. The second kappa shape index (κ2) is 9.14. The van der Waals surface area contributed by atoms with Gasteiger partial charge in [-0.15, -0.1) is 0 Å². The number of hydrogen-bond acceptors (Lipinski definition) is 6. The van der Waals surface area contributed by atoms with Crippen molar-refractivity contribution in [2.24, 2.45) is 5.41 Å². The number of esters is 1. The number of methoxy groups -OCH3 is 1. The number of benzene rings is 3. The van der Waals surface area contributed by atoms with Crippen LogP contribution in [0.4, 0.5) is 5.69 Å². The van der Waals surface area contributed by atoms with Gasteiger partial charge in [0.2, 0.25) is 0 Å². The van der Waals surface area contributed by atoms with Crippen molar-refractivity contribution in [3.05, 3.63) is 107 Å². The summed E-state index contributed by atoms with van der Waals surface area (Å²) in [6.07, 6.45) is 3.03. The van der Waals surface area contributed by atoms with E-state index in [2.05, 4.69) is 24.1 Å². The van der Waals surface area contributed by atoms with Crippen molar-refractivity contribution in [3.8, 4) is 11.5 Å². The highest BCUT2D eigenvalue weighted by Gasteiger charge is 2.41. The summed E-state index contributed by atoms with van der Waals surface area (Å²) in [5, 5.41) is 4.58. The Morgan fingerprint density at radius 3 is 2.58 bits per heavy atom. The van der Waals surface area contributed by atoms with Gasteiger partial charge >= 0.3 is 5.97 Å². The van der Waals surface area contributed by atoms with Gasteiger partial charge in [-0.3, -0.25) is 9.78 Å². The predicted octanol–water partition coefficient (Wildman–Crippen LogP) is 6.66. The van der Waals surface area contributed by atoms with Gasteiger partial charge in [0.05, 0.1) is 18.2 Å². The van der Waals surface area contributed by atoms with Crippen molar-refractivity contribution in [2.45, 2.75) is 32.6 Å². The number of nitrogens with one attached hydrogen (secondary N) is 1. The Morgan fingerprint density at radius 1 is 0.974 bits per heavy atom. The second-order valence-corrected chi connectivity index (χ2v) is 10.7. The number of Topliss-reactive ketones (excluding diaryl/α,β-unsaturated/α-hetero) is 1. The Kier molecular flexibility index (Phi) is 5.75. The maximum atomic E-state index is 13.7. The minimum Gasteiger partial charge on any atom is -0.493 e. The summed E-state index contributed by atoms with van der Waals surface area (Å²) < 4.78 is 11.4. The van der Waals surface area contributed by atoms with E-state index in [4.69, 9.17) is 9.47 Å². The van der Waals surface area contributed by atoms with Gasteiger partial charge in [-0.25, -0.2) is 4.79 Å². The lowest BCUT2D eigenvalue weighted by atomic mass is 9.68. The number of hydrogen-bond donors (Lipinski definition) is 1. The number of ether oxygens (including phenoxy) is 2. The Bertz CT molecular complexity index is 1620.